The first-order valence-electron chi connectivity index (χ1n) is 10.2. The molecule has 0 unspecified atom stereocenters. The van der Waals surface area contributed by atoms with Crippen LogP contribution < -0.4 is 4.90 Å². The zero-order valence-electron chi connectivity index (χ0n) is 16.8. The van der Waals surface area contributed by atoms with Crippen LogP contribution in [0.4, 0.5) is 5.69 Å². The second-order valence-electron chi connectivity index (χ2n) is 8.45. The highest BCUT2D eigenvalue weighted by molar-refractivity contribution is 6.39. The van der Waals surface area contributed by atoms with Crippen molar-refractivity contribution in [1.29, 1.82) is 0 Å². The van der Waals surface area contributed by atoms with Gasteiger partial charge in [0, 0.05) is 0 Å². The number of hydrogen-bond donors (Lipinski definition) is 1. The molecule has 1 saturated heterocycles. The van der Waals surface area contributed by atoms with Gasteiger partial charge in [-0.1, -0.05) is 60.1 Å². The summed E-state index contributed by atoms with van der Waals surface area (Å²) in [6.07, 6.45) is 0. The largest absolute Gasteiger partial charge is 0.478 e. The molecule has 1 fully saturated rings. The Morgan fingerprint density at radius 1 is 0.788 bits per heavy atom. The Morgan fingerprint density at radius 3 is 1.61 bits per heavy atom. The number of benzene rings is 3. The van der Waals surface area contributed by atoms with Gasteiger partial charge in [0.1, 0.15) is 9.75 Å². The number of alkyl halides is 2. The molecule has 0 aromatic heterocycles. The van der Waals surface area contributed by atoms with Crippen molar-refractivity contribution in [2.24, 2.45) is 11.8 Å². The number of carbonyl (C=O) groups excluding carboxylic acids is 2. The number of nitrogens with zero attached hydrogens (tertiary/aromatic N) is 1. The van der Waals surface area contributed by atoms with Gasteiger partial charge in [0.25, 0.3) is 0 Å². The summed E-state index contributed by atoms with van der Waals surface area (Å²) in [6.45, 7) is 0. The molecule has 3 aromatic rings. The SMILES string of the molecule is O=C(O)c1cc(N2C(=O)[C@@H]3[C@H](C2=O)C2(Cl)c4ccccc4C3(Cl)c3ccccc32)ccc1Cl. The lowest BCUT2D eigenvalue weighted by Crippen LogP contribution is -2.57. The van der Waals surface area contributed by atoms with Gasteiger partial charge in [-0.25, -0.2) is 9.69 Å². The number of rotatable bonds is 2. The average Bonchev–Trinajstić information content (AvgIpc) is 3.09. The lowest BCUT2D eigenvalue weighted by molar-refractivity contribution is -0.122. The highest BCUT2D eigenvalue weighted by Crippen LogP contribution is 2.69. The fourth-order valence-corrected chi connectivity index (χ4v) is 7.03. The van der Waals surface area contributed by atoms with Crippen LogP contribution in [0.15, 0.2) is 66.7 Å². The molecule has 1 N–H and O–H groups in total. The molecule has 1 heterocycles. The van der Waals surface area contributed by atoms with Crippen LogP contribution in [0.1, 0.15) is 32.6 Å². The number of hydrogen-bond acceptors (Lipinski definition) is 3. The number of amides is 2. The molecule has 0 saturated carbocycles. The van der Waals surface area contributed by atoms with E-state index < -0.39 is 39.4 Å². The molecule has 2 amide bonds. The molecule has 8 heteroatoms. The summed E-state index contributed by atoms with van der Waals surface area (Å²) < 4.78 is 0. The Morgan fingerprint density at radius 2 is 1.21 bits per heavy atom. The number of anilines is 1. The zero-order valence-corrected chi connectivity index (χ0v) is 19.0. The van der Waals surface area contributed by atoms with Crippen molar-refractivity contribution >= 4 is 58.3 Å². The summed E-state index contributed by atoms with van der Waals surface area (Å²) in [5.74, 6) is -4.22. The topological polar surface area (TPSA) is 74.7 Å². The standard InChI is InChI=1S/C25H14Cl3NO4/c26-18-10-9-12(11-13(18)23(32)33)29-21(30)19-20(22(29)31)25(28)15-6-2-1-5-14(15)24(19,27)16-7-3-4-8-17(16)25/h1-11,19-20H,(H,32,33)/t19-,20+,24?,25?. The molecule has 1 aliphatic heterocycles. The van der Waals surface area contributed by atoms with Gasteiger partial charge in [-0.2, -0.15) is 0 Å². The van der Waals surface area contributed by atoms with Crippen molar-refractivity contribution in [3.63, 3.8) is 0 Å². The molecule has 4 aliphatic rings. The van der Waals surface area contributed by atoms with E-state index in [2.05, 4.69) is 0 Å². The van der Waals surface area contributed by atoms with E-state index in [1.165, 1.54) is 18.2 Å². The quantitative estimate of drug-likeness (QED) is 0.392. The Kier molecular flexibility index (Phi) is 4.14. The Hall–Kier alpha value is -2.86. The van der Waals surface area contributed by atoms with Gasteiger partial charge in [-0.05, 0) is 40.5 Å². The summed E-state index contributed by atoms with van der Waals surface area (Å²) in [6, 6.07) is 18.7. The van der Waals surface area contributed by atoms with Gasteiger partial charge < -0.3 is 5.11 Å². The first-order chi connectivity index (χ1) is 15.7. The van der Waals surface area contributed by atoms with Crippen LogP contribution in [0.2, 0.25) is 5.02 Å². The van der Waals surface area contributed by atoms with Crippen LogP contribution in [0, 0.1) is 11.8 Å². The van der Waals surface area contributed by atoms with Gasteiger partial charge in [-0.3, -0.25) is 9.59 Å². The number of aromatic carboxylic acids is 1. The number of imide groups is 1. The second kappa shape index (κ2) is 6.60. The fraction of sp³-hybridized carbons (Fsp3) is 0.160. The minimum Gasteiger partial charge on any atom is -0.478 e. The lowest BCUT2D eigenvalue weighted by atomic mass is 9.54. The fourth-order valence-electron chi connectivity index (χ4n) is 5.74. The van der Waals surface area contributed by atoms with Gasteiger partial charge in [0.2, 0.25) is 11.8 Å². The van der Waals surface area contributed by atoms with Crippen molar-refractivity contribution in [2.45, 2.75) is 9.75 Å². The zero-order chi connectivity index (χ0) is 23.3. The molecule has 3 aromatic carbocycles. The van der Waals surface area contributed by atoms with Crippen molar-refractivity contribution in [2.75, 3.05) is 4.90 Å². The number of halogens is 3. The molecule has 0 spiro atoms. The third-order valence-electron chi connectivity index (χ3n) is 7.02. The highest BCUT2D eigenvalue weighted by atomic mass is 35.5. The van der Waals surface area contributed by atoms with Crippen LogP contribution in [0.3, 0.4) is 0 Å². The molecule has 164 valence electrons. The minimum atomic E-state index is -1.29. The number of carboxylic acids is 1. The molecule has 3 aliphatic carbocycles. The predicted octanol–water partition coefficient (Wildman–Crippen LogP) is 5.14. The molecule has 7 rings (SSSR count). The Balaban J connectivity index is 1.62. The van der Waals surface area contributed by atoms with E-state index in [0.29, 0.717) is 22.3 Å². The third kappa shape index (κ3) is 2.32. The maximum atomic E-state index is 13.9. The van der Waals surface area contributed by atoms with E-state index >= 15 is 0 Å². The van der Waals surface area contributed by atoms with E-state index in [1.54, 1.807) is 0 Å². The summed E-state index contributed by atoms with van der Waals surface area (Å²) in [4.78, 5) is 37.7. The molecular formula is C25H14Cl3NO4. The molecule has 2 atom stereocenters. The smallest absolute Gasteiger partial charge is 0.337 e. The van der Waals surface area contributed by atoms with Gasteiger partial charge in [-0.15, -0.1) is 23.2 Å². The molecule has 0 radical (unpaired) electrons. The van der Waals surface area contributed by atoms with Gasteiger partial charge in [0.15, 0.2) is 0 Å². The van der Waals surface area contributed by atoms with Crippen molar-refractivity contribution in [1.82, 2.24) is 0 Å². The number of carbonyl (C=O) groups is 3. The van der Waals surface area contributed by atoms with Crippen LogP contribution in [-0.2, 0) is 19.3 Å². The summed E-state index contributed by atoms with van der Waals surface area (Å²) in [7, 11) is 0. The van der Waals surface area contributed by atoms with Crippen LogP contribution in [0.5, 0.6) is 0 Å². The predicted molar refractivity (Wildman–Crippen MR) is 124 cm³/mol. The van der Waals surface area contributed by atoms with Crippen molar-refractivity contribution in [3.8, 4) is 0 Å². The van der Waals surface area contributed by atoms with E-state index in [1.807, 2.05) is 48.5 Å². The average molecular weight is 499 g/mol. The van der Waals surface area contributed by atoms with Crippen LogP contribution in [0.25, 0.3) is 0 Å². The maximum Gasteiger partial charge on any atom is 0.337 e. The normalized spacial score (nSPS) is 29.0. The van der Waals surface area contributed by atoms with Crippen molar-refractivity contribution in [3.05, 3.63) is 99.6 Å². The van der Waals surface area contributed by atoms with E-state index in [9.17, 15) is 19.5 Å². The first kappa shape index (κ1) is 20.7. The summed E-state index contributed by atoms with van der Waals surface area (Å²) in [5, 5.41) is 9.47. The Labute approximate surface area is 203 Å². The summed E-state index contributed by atoms with van der Waals surface area (Å²) >= 11 is 20.7. The lowest BCUT2D eigenvalue weighted by Gasteiger charge is -2.54. The van der Waals surface area contributed by atoms with Gasteiger partial charge in [0.05, 0.1) is 28.1 Å². The van der Waals surface area contributed by atoms with E-state index in [0.717, 1.165) is 4.90 Å². The summed E-state index contributed by atoms with van der Waals surface area (Å²) in [5.41, 5.74) is 2.72. The van der Waals surface area contributed by atoms with Crippen molar-refractivity contribution < 1.29 is 19.5 Å². The van der Waals surface area contributed by atoms with Crippen LogP contribution >= 0.6 is 34.8 Å². The highest BCUT2D eigenvalue weighted by Gasteiger charge is 2.73. The molecular weight excluding hydrogens is 485 g/mol. The van der Waals surface area contributed by atoms with Crippen LogP contribution in [-0.4, -0.2) is 22.9 Å². The first-order valence-corrected chi connectivity index (χ1v) is 11.3. The van der Waals surface area contributed by atoms with Gasteiger partial charge >= 0.3 is 5.97 Å². The minimum absolute atomic E-state index is 0.00488. The number of carboxylic acid groups (broad SMARTS) is 1. The van der Waals surface area contributed by atoms with E-state index in [-0.39, 0.29) is 16.3 Å². The Bertz CT molecular complexity index is 1300. The maximum absolute atomic E-state index is 13.9. The monoisotopic (exact) mass is 497 g/mol. The second-order valence-corrected chi connectivity index (χ2v) is 10.1. The third-order valence-corrected chi connectivity index (χ3v) is 8.64. The molecule has 5 nitrogen and oxygen atoms in total. The molecule has 2 bridgehead atoms. The van der Waals surface area contributed by atoms with E-state index in [4.69, 9.17) is 34.8 Å². The molecule has 33 heavy (non-hydrogen) atoms.